The molecule has 0 amide bonds. The number of hydrogen-bond donors (Lipinski definition) is 1. The van der Waals surface area contributed by atoms with Crippen molar-refractivity contribution in [1.29, 1.82) is 0 Å². The fraction of sp³-hybridized carbons (Fsp3) is 0.833. The van der Waals surface area contributed by atoms with Gasteiger partial charge in [-0.05, 0) is 31.8 Å². The van der Waals surface area contributed by atoms with Crippen LogP contribution in [-0.4, -0.2) is 53.2 Å². The molecule has 6 heteroatoms. The summed E-state index contributed by atoms with van der Waals surface area (Å²) in [5.41, 5.74) is 6.52. The number of piperidine rings is 1. The summed E-state index contributed by atoms with van der Waals surface area (Å²) >= 11 is 0. The maximum atomic E-state index is 5.49. The highest BCUT2D eigenvalue weighted by Crippen LogP contribution is 2.18. The zero-order valence-corrected chi connectivity index (χ0v) is 11.1. The minimum absolute atomic E-state index is 0.602. The number of aromatic nitrogens is 3. The molecular weight excluding hydrogens is 230 g/mol. The van der Waals surface area contributed by atoms with Crippen LogP contribution in [0, 0.1) is 5.92 Å². The smallest absolute Gasteiger partial charge is 0.0967 e. The van der Waals surface area contributed by atoms with E-state index in [2.05, 4.69) is 15.2 Å². The van der Waals surface area contributed by atoms with Gasteiger partial charge < -0.3 is 10.5 Å². The molecule has 102 valence electrons. The van der Waals surface area contributed by atoms with Crippen molar-refractivity contribution in [3.63, 3.8) is 0 Å². The number of methoxy groups -OCH3 is 1. The van der Waals surface area contributed by atoms with Crippen LogP contribution < -0.4 is 5.73 Å². The Morgan fingerprint density at radius 2 is 2.22 bits per heavy atom. The zero-order chi connectivity index (χ0) is 12.8. The van der Waals surface area contributed by atoms with Crippen LogP contribution in [-0.2, 0) is 17.8 Å². The van der Waals surface area contributed by atoms with Crippen LogP contribution in [0.15, 0.2) is 6.20 Å². The van der Waals surface area contributed by atoms with E-state index in [1.54, 1.807) is 7.11 Å². The summed E-state index contributed by atoms with van der Waals surface area (Å²) < 4.78 is 7.02. The van der Waals surface area contributed by atoms with Crippen molar-refractivity contribution in [2.45, 2.75) is 25.9 Å². The third-order valence-electron chi connectivity index (χ3n) is 3.44. The summed E-state index contributed by atoms with van der Waals surface area (Å²) in [6, 6.07) is 0. The summed E-state index contributed by atoms with van der Waals surface area (Å²) in [6.07, 6.45) is 4.42. The molecule has 0 unspecified atom stereocenters. The number of nitrogens with two attached hydrogens (primary N) is 1. The minimum atomic E-state index is 0.602. The predicted octanol–water partition coefficient (Wildman–Crippen LogP) is 0.0952. The molecule has 0 bridgehead atoms. The maximum absolute atomic E-state index is 5.49. The van der Waals surface area contributed by atoms with Gasteiger partial charge >= 0.3 is 0 Å². The van der Waals surface area contributed by atoms with Gasteiger partial charge in [0.1, 0.15) is 0 Å². The molecule has 1 aromatic rings. The molecule has 1 aliphatic rings. The Morgan fingerprint density at radius 3 is 2.89 bits per heavy atom. The SMILES string of the molecule is COCC1CCN(Cc2cn(CCN)nn2)CC1. The Labute approximate surface area is 108 Å². The third kappa shape index (κ3) is 3.76. The van der Waals surface area contributed by atoms with E-state index in [1.165, 1.54) is 12.8 Å². The van der Waals surface area contributed by atoms with Crippen LogP contribution in [0.3, 0.4) is 0 Å². The molecule has 0 spiro atoms. The number of nitrogens with zero attached hydrogens (tertiary/aromatic N) is 4. The van der Waals surface area contributed by atoms with Crippen molar-refractivity contribution in [3.05, 3.63) is 11.9 Å². The Bertz CT molecular complexity index is 346. The van der Waals surface area contributed by atoms with E-state index in [-0.39, 0.29) is 0 Å². The van der Waals surface area contributed by atoms with Crippen LogP contribution >= 0.6 is 0 Å². The molecule has 1 fully saturated rings. The van der Waals surface area contributed by atoms with Gasteiger partial charge in [0, 0.05) is 33.0 Å². The molecule has 6 nitrogen and oxygen atoms in total. The average molecular weight is 253 g/mol. The van der Waals surface area contributed by atoms with Crippen molar-refractivity contribution >= 4 is 0 Å². The second-order valence-corrected chi connectivity index (χ2v) is 4.94. The quantitative estimate of drug-likeness (QED) is 0.778. The van der Waals surface area contributed by atoms with E-state index >= 15 is 0 Å². The lowest BCUT2D eigenvalue weighted by Gasteiger charge is -2.30. The molecule has 2 rings (SSSR count). The van der Waals surface area contributed by atoms with Crippen molar-refractivity contribution in [2.75, 3.05) is 33.4 Å². The largest absolute Gasteiger partial charge is 0.384 e. The van der Waals surface area contributed by atoms with E-state index in [9.17, 15) is 0 Å². The molecule has 0 aromatic carbocycles. The average Bonchev–Trinajstić information content (AvgIpc) is 2.80. The van der Waals surface area contributed by atoms with Crippen LogP contribution in [0.25, 0.3) is 0 Å². The van der Waals surface area contributed by atoms with Gasteiger partial charge in [0.2, 0.25) is 0 Å². The Kier molecular flexibility index (Phi) is 5.10. The molecule has 0 saturated carbocycles. The van der Waals surface area contributed by atoms with E-state index in [4.69, 9.17) is 10.5 Å². The fourth-order valence-electron chi connectivity index (χ4n) is 2.43. The lowest BCUT2D eigenvalue weighted by atomic mass is 9.98. The predicted molar refractivity (Wildman–Crippen MR) is 69.0 cm³/mol. The Balaban J connectivity index is 1.76. The van der Waals surface area contributed by atoms with Gasteiger partial charge in [-0.25, -0.2) is 0 Å². The van der Waals surface area contributed by atoms with Crippen LogP contribution in [0.1, 0.15) is 18.5 Å². The maximum Gasteiger partial charge on any atom is 0.0967 e. The molecule has 0 atom stereocenters. The van der Waals surface area contributed by atoms with E-state index in [1.807, 2.05) is 10.9 Å². The second kappa shape index (κ2) is 6.82. The van der Waals surface area contributed by atoms with Gasteiger partial charge in [0.15, 0.2) is 0 Å². The normalized spacial score (nSPS) is 18.3. The standard InChI is InChI=1S/C12H23N5O/c1-18-10-11-2-5-16(6-3-11)8-12-9-17(7-4-13)15-14-12/h9,11H,2-8,10,13H2,1H3. The van der Waals surface area contributed by atoms with Gasteiger partial charge in [-0.3, -0.25) is 9.58 Å². The summed E-state index contributed by atoms with van der Waals surface area (Å²) in [4.78, 5) is 2.43. The second-order valence-electron chi connectivity index (χ2n) is 4.94. The van der Waals surface area contributed by atoms with Gasteiger partial charge in [-0.2, -0.15) is 0 Å². The minimum Gasteiger partial charge on any atom is -0.384 e. The van der Waals surface area contributed by atoms with Crippen LogP contribution in [0.5, 0.6) is 0 Å². The first-order valence-corrected chi connectivity index (χ1v) is 6.62. The van der Waals surface area contributed by atoms with Gasteiger partial charge in [-0.1, -0.05) is 5.21 Å². The first-order chi connectivity index (χ1) is 8.81. The summed E-state index contributed by atoms with van der Waals surface area (Å²) in [6.45, 7) is 5.37. The lowest BCUT2D eigenvalue weighted by molar-refractivity contribution is 0.0963. The topological polar surface area (TPSA) is 69.2 Å². The van der Waals surface area contributed by atoms with E-state index in [0.717, 1.165) is 44.4 Å². The van der Waals surface area contributed by atoms with Crippen molar-refractivity contribution < 1.29 is 4.74 Å². The summed E-state index contributed by atoms with van der Waals surface area (Å²) in [5.74, 6) is 0.721. The van der Waals surface area contributed by atoms with Crippen molar-refractivity contribution in [2.24, 2.45) is 11.7 Å². The monoisotopic (exact) mass is 253 g/mol. The highest BCUT2D eigenvalue weighted by molar-refractivity contribution is 4.93. The molecule has 1 aromatic heterocycles. The Morgan fingerprint density at radius 1 is 1.44 bits per heavy atom. The molecule has 2 N–H and O–H groups in total. The zero-order valence-electron chi connectivity index (χ0n) is 11.1. The van der Waals surface area contributed by atoms with Crippen LogP contribution in [0.4, 0.5) is 0 Å². The first kappa shape index (κ1) is 13.5. The summed E-state index contributed by atoms with van der Waals surface area (Å²) in [7, 11) is 1.78. The molecule has 2 heterocycles. The number of rotatable bonds is 6. The number of hydrogen-bond acceptors (Lipinski definition) is 5. The molecule has 18 heavy (non-hydrogen) atoms. The van der Waals surface area contributed by atoms with Crippen molar-refractivity contribution in [1.82, 2.24) is 19.9 Å². The number of ether oxygens (including phenoxy) is 1. The molecular formula is C12H23N5O. The molecule has 1 aliphatic heterocycles. The fourth-order valence-corrected chi connectivity index (χ4v) is 2.43. The highest BCUT2D eigenvalue weighted by atomic mass is 16.5. The molecule has 0 aliphatic carbocycles. The first-order valence-electron chi connectivity index (χ1n) is 6.62. The van der Waals surface area contributed by atoms with Gasteiger partial charge in [-0.15, -0.1) is 5.10 Å². The van der Waals surface area contributed by atoms with Crippen LogP contribution in [0.2, 0.25) is 0 Å². The molecule has 0 radical (unpaired) electrons. The highest BCUT2D eigenvalue weighted by Gasteiger charge is 2.19. The van der Waals surface area contributed by atoms with E-state index < -0.39 is 0 Å². The van der Waals surface area contributed by atoms with Crippen molar-refractivity contribution in [3.8, 4) is 0 Å². The number of likely N-dealkylation sites (tertiary alicyclic amines) is 1. The van der Waals surface area contributed by atoms with E-state index in [0.29, 0.717) is 6.54 Å². The van der Waals surface area contributed by atoms with Gasteiger partial charge in [0.05, 0.1) is 12.2 Å². The molecule has 1 saturated heterocycles. The third-order valence-corrected chi connectivity index (χ3v) is 3.44. The lowest BCUT2D eigenvalue weighted by Crippen LogP contribution is -2.34. The van der Waals surface area contributed by atoms with Gasteiger partial charge in [0.25, 0.3) is 0 Å². The Hall–Kier alpha value is -0.980. The summed E-state index contributed by atoms with van der Waals surface area (Å²) in [5, 5.41) is 8.23.